The van der Waals surface area contributed by atoms with E-state index in [9.17, 15) is 27.2 Å². The standard InChI is InChI=1S/C18H11F4NO4/c19-10-1-3-11(4-2-10)23-16(24)9-26-12-5-6-13-14(18(20,21)22)8-17(25)27-15(13)7-12/h1-8H,9H2,(H,23,24). The van der Waals surface area contributed by atoms with Crippen LogP contribution in [0.3, 0.4) is 0 Å². The summed E-state index contributed by atoms with van der Waals surface area (Å²) in [7, 11) is 0. The number of alkyl halides is 3. The van der Waals surface area contributed by atoms with Crippen molar-refractivity contribution in [2.75, 3.05) is 11.9 Å². The Bertz CT molecular complexity index is 1040. The Morgan fingerprint density at radius 3 is 2.44 bits per heavy atom. The Kier molecular flexibility index (Phi) is 4.85. The van der Waals surface area contributed by atoms with Gasteiger partial charge in [-0.2, -0.15) is 13.2 Å². The minimum absolute atomic E-state index is 0.0410. The summed E-state index contributed by atoms with van der Waals surface area (Å²) in [5.41, 5.74) is -2.23. The Balaban J connectivity index is 1.75. The van der Waals surface area contributed by atoms with E-state index >= 15 is 0 Å². The van der Waals surface area contributed by atoms with Gasteiger partial charge in [-0.1, -0.05) is 0 Å². The van der Waals surface area contributed by atoms with Crippen LogP contribution < -0.4 is 15.7 Å². The topological polar surface area (TPSA) is 68.5 Å². The van der Waals surface area contributed by atoms with E-state index in [0.29, 0.717) is 11.8 Å². The molecular formula is C18H11F4NO4. The third-order valence-electron chi connectivity index (χ3n) is 3.52. The summed E-state index contributed by atoms with van der Waals surface area (Å²) in [6, 6.07) is 8.83. The fraction of sp³-hybridized carbons (Fsp3) is 0.111. The summed E-state index contributed by atoms with van der Waals surface area (Å²) >= 11 is 0. The highest BCUT2D eigenvalue weighted by Crippen LogP contribution is 2.34. The smallest absolute Gasteiger partial charge is 0.417 e. The first-order chi connectivity index (χ1) is 12.7. The molecule has 0 aliphatic carbocycles. The molecule has 0 saturated carbocycles. The summed E-state index contributed by atoms with van der Waals surface area (Å²) in [6.07, 6.45) is -4.72. The van der Waals surface area contributed by atoms with Crippen LogP contribution in [0.4, 0.5) is 23.2 Å². The molecular weight excluding hydrogens is 370 g/mol. The Morgan fingerprint density at radius 2 is 1.78 bits per heavy atom. The average Bonchev–Trinajstić information content (AvgIpc) is 2.60. The summed E-state index contributed by atoms with van der Waals surface area (Å²) in [5.74, 6) is -0.980. The Hall–Kier alpha value is -3.36. The predicted molar refractivity (Wildman–Crippen MR) is 88.0 cm³/mol. The van der Waals surface area contributed by atoms with Gasteiger partial charge in [-0.25, -0.2) is 9.18 Å². The molecule has 9 heteroatoms. The molecule has 27 heavy (non-hydrogen) atoms. The molecule has 2 aromatic carbocycles. The molecule has 0 atom stereocenters. The first-order valence-corrected chi connectivity index (χ1v) is 7.56. The van der Waals surface area contributed by atoms with Crippen molar-refractivity contribution in [3.63, 3.8) is 0 Å². The normalized spacial score (nSPS) is 11.4. The number of hydrogen-bond acceptors (Lipinski definition) is 4. The van der Waals surface area contributed by atoms with Crippen molar-refractivity contribution in [3.8, 4) is 5.75 Å². The lowest BCUT2D eigenvalue weighted by Gasteiger charge is -2.11. The van der Waals surface area contributed by atoms with E-state index in [0.717, 1.165) is 12.1 Å². The van der Waals surface area contributed by atoms with Crippen LogP contribution in [0.5, 0.6) is 5.75 Å². The highest BCUT2D eigenvalue weighted by atomic mass is 19.4. The predicted octanol–water partition coefficient (Wildman–Crippen LogP) is 3.97. The number of ether oxygens (including phenoxy) is 1. The second kappa shape index (κ2) is 7.10. The van der Waals surface area contributed by atoms with Gasteiger partial charge in [0.15, 0.2) is 6.61 Å². The maximum absolute atomic E-state index is 13.0. The van der Waals surface area contributed by atoms with Gasteiger partial charge in [0, 0.05) is 23.2 Å². The van der Waals surface area contributed by atoms with E-state index in [1.165, 1.54) is 30.3 Å². The number of benzene rings is 2. The number of carbonyl (C=O) groups excluding carboxylic acids is 1. The van der Waals surface area contributed by atoms with Gasteiger partial charge in [0.25, 0.3) is 5.91 Å². The van der Waals surface area contributed by atoms with E-state index in [2.05, 4.69) is 5.32 Å². The summed E-state index contributed by atoms with van der Waals surface area (Å²) < 4.78 is 61.8. The average molecular weight is 381 g/mol. The number of hydrogen-bond donors (Lipinski definition) is 1. The molecule has 0 bridgehead atoms. The summed E-state index contributed by atoms with van der Waals surface area (Å²) in [5, 5.41) is 2.16. The quantitative estimate of drug-likeness (QED) is 0.549. The molecule has 3 aromatic rings. The van der Waals surface area contributed by atoms with Crippen LogP contribution in [0.15, 0.2) is 57.7 Å². The highest BCUT2D eigenvalue weighted by Gasteiger charge is 2.33. The molecule has 3 rings (SSSR count). The van der Waals surface area contributed by atoms with Gasteiger partial charge in [-0.3, -0.25) is 4.79 Å². The molecule has 0 fully saturated rings. The van der Waals surface area contributed by atoms with Crippen molar-refractivity contribution in [2.45, 2.75) is 6.18 Å². The third-order valence-corrected chi connectivity index (χ3v) is 3.52. The Morgan fingerprint density at radius 1 is 1.07 bits per heavy atom. The first kappa shape index (κ1) is 18.4. The highest BCUT2D eigenvalue weighted by molar-refractivity contribution is 5.92. The fourth-order valence-corrected chi connectivity index (χ4v) is 2.35. The molecule has 0 spiro atoms. The zero-order valence-electron chi connectivity index (χ0n) is 13.5. The SMILES string of the molecule is O=C(COc1ccc2c(C(F)(F)F)cc(=O)oc2c1)Nc1ccc(F)cc1. The van der Waals surface area contributed by atoms with Crippen molar-refractivity contribution in [2.24, 2.45) is 0 Å². The molecule has 0 aliphatic rings. The van der Waals surface area contributed by atoms with Crippen LogP contribution in [-0.2, 0) is 11.0 Å². The summed E-state index contributed by atoms with van der Waals surface area (Å²) in [4.78, 5) is 23.2. The van der Waals surface area contributed by atoms with Crippen LogP contribution in [0.25, 0.3) is 11.0 Å². The molecule has 0 radical (unpaired) electrons. The van der Waals surface area contributed by atoms with Gasteiger partial charge in [0.05, 0.1) is 5.56 Å². The molecule has 1 aromatic heterocycles. The second-order valence-corrected chi connectivity index (χ2v) is 5.48. The second-order valence-electron chi connectivity index (χ2n) is 5.48. The van der Waals surface area contributed by atoms with Gasteiger partial charge < -0.3 is 14.5 Å². The molecule has 140 valence electrons. The third kappa shape index (κ3) is 4.43. The van der Waals surface area contributed by atoms with Crippen molar-refractivity contribution >= 4 is 22.6 Å². The van der Waals surface area contributed by atoms with Crippen LogP contribution in [0, 0.1) is 5.82 Å². The summed E-state index contributed by atoms with van der Waals surface area (Å²) in [6.45, 7) is -0.452. The molecule has 0 unspecified atom stereocenters. The molecule has 0 saturated heterocycles. The van der Waals surface area contributed by atoms with E-state index in [1.54, 1.807) is 0 Å². The lowest BCUT2D eigenvalue weighted by atomic mass is 10.1. The first-order valence-electron chi connectivity index (χ1n) is 7.56. The number of fused-ring (bicyclic) bond motifs is 1. The number of halogens is 4. The minimum atomic E-state index is -4.72. The van der Waals surface area contributed by atoms with Crippen LogP contribution in [0.2, 0.25) is 0 Å². The zero-order valence-corrected chi connectivity index (χ0v) is 13.5. The maximum atomic E-state index is 13.0. The van der Waals surface area contributed by atoms with Crippen LogP contribution >= 0.6 is 0 Å². The number of carbonyl (C=O) groups is 1. The van der Waals surface area contributed by atoms with Crippen molar-refractivity contribution in [1.82, 2.24) is 0 Å². The van der Waals surface area contributed by atoms with Gasteiger partial charge in [0.2, 0.25) is 0 Å². The maximum Gasteiger partial charge on any atom is 0.417 e. The van der Waals surface area contributed by atoms with Crippen molar-refractivity contribution in [3.05, 3.63) is 70.3 Å². The zero-order chi connectivity index (χ0) is 19.6. The minimum Gasteiger partial charge on any atom is -0.484 e. The van der Waals surface area contributed by atoms with E-state index in [4.69, 9.17) is 9.15 Å². The lowest BCUT2D eigenvalue weighted by molar-refractivity contribution is -0.136. The number of anilines is 1. The van der Waals surface area contributed by atoms with Crippen molar-refractivity contribution in [1.29, 1.82) is 0 Å². The molecule has 0 aliphatic heterocycles. The molecule has 1 N–H and O–H groups in total. The van der Waals surface area contributed by atoms with Crippen molar-refractivity contribution < 1.29 is 31.5 Å². The van der Waals surface area contributed by atoms with E-state index in [-0.39, 0.29) is 16.7 Å². The Labute approximate surface area is 149 Å². The van der Waals surface area contributed by atoms with Gasteiger partial charge in [-0.15, -0.1) is 0 Å². The van der Waals surface area contributed by atoms with Crippen LogP contribution in [0.1, 0.15) is 5.56 Å². The number of amides is 1. The van der Waals surface area contributed by atoms with Gasteiger partial charge in [-0.05, 0) is 36.4 Å². The fourth-order valence-electron chi connectivity index (χ4n) is 2.35. The molecule has 1 amide bonds. The monoisotopic (exact) mass is 381 g/mol. The lowest BCUT2D eigenvalue weighted by Crippen LogP contribution is -2.20. The van der Waals surface area contributed by atoms with E-state index in [1.807, 2.05) is 0 Å². The number of rotatable bonds is 4. The largest absolute Gasteiger partial charge is 0.484 e. The molecule has 5 nitrogen and oxygen atoms in total. The van der Waals surface area contributed by atoms with E-state index < -0.39 is 35.7 Å². The van der Waals surface area contributed by atoms with Gasteiger partial charge >= 0.3 is 11.8 Å². The molecule has 1 heterocycles. The van der Waals surface area contributed by atoms with Gasteiger partial charge in [0.1, 0.15) is 17.1 Å². The number of nitrogens with one attached hydrogen (secondary N) is 1. The van der Waals surface area contributed by atoms with Crippen LogP contribution in [-0.4, -0.2) is 12.5 Å².